The van der Waals surface area contributed by atoms with Crippen LogP contribution in [0.3, 0.4) is 0 Å². The van der Waals surface area contributed by atoms with Crippen LogP contribution in [0, 0.1) is 0 Å². The molecular weight excluding hydrogens is 222 g/mol. The van der Waals surface area contributed by atoms with E-state index < -0.39 is 5.91 Å². The van der Waals surface area contributed by atoms with Crippen molar-refractivity contribution >= 4 is 17.7 Å². The van der Waals surface area contributed by atoms with Crippen LogP contribution in [0.15, 0.2) is 51.8 Å². The smallest absolute Gasteiger partial charge is 0.284 e. The third-order valence-corrected chi connectivity index (χ3v) is 3.06. The Hall–Kier alpha value is -1.68. The number of benzene rings is 1. The molecule has 2 N–H and O–H groups in total. The minimum absolute atomic E-state index is 0.212. The second-order valence-corrected chi connectivity index (χ2v) is 4.28. The summed E-state index contributed by atoms with van der Waals surface area (Å²) >= 11 is 1.65. The van der Waals surface area contributed by atoms with Gasteiger partial charge in [0, 0.05) is 4.90 Å². The largest absolute Gasteiger partial charge is 0.455 e. The van der Waals surface area contributed by atoms with Crippen molar-refractivity contribution < 1.29 is 9.21 Å². The van der Waals surface area contributed by atoms with E-state index in [9.17, 15) is 4.79 Å². The van der Waals surface area contributed by atoms with Gasteiger partial charge < -0.3 is 10.2 Å². The summed E-state index contributed by atoms with van der Waals surface area (Å²) in [6, 6.07) is 13.4. The third kappa shape index (κ3) is 2.67. The normalized spacial score (nSPS) is 10.2. The van der Waals surface area contributed by atoms with Crippen LogP contribution in [0.4, 0.5) is 0 Å². The van der Waals surface area contributed by atoms with Gasteiger partial charge in [-0.15, -0.1) is 11.8 Å². The molecule has 0 atom stereocenters. The highest BCUT2D eigenvalue weighted by Gasteiger charge is 2.06. The first kappa shape index (κ1) is 10.8. The highest BCUT2D eigenvalue weighted by molar-refractivity contribution is 7.98. The molecule has 16 heavy (non-hydrogen) atoms. The van der Waals surface area contributed by atoms with Crippen LogP contribution in [0.2, 0.25) is 0 Å². The topological polar surface area (TPSA) is 56.2 Å². The Balaban J connectivity index is 1.97. The molecule has 4 heteroatoms. The Morgan fingerprint density at radius 2 is 1.94 bits per heavy atom. The maximum absolute atomic E-state index is 10.8. The first-order chi connectivity index (χ1) is 7.75. The van der Waals surface area contributed by atoms with Crippen molar-refractivity contribution in [3.05, 3.63) is 54.0 Å². The van der Waals surface area contributed by atoms with Gasteiger partial charge in [0.15, 0.2) is 5.76 Å². The van der Waals surface area contributed by atoms with Crippen molar-refractivity contribution in [2.75, 3.05) is 0 Å². The average molecular weight is 233 g/mol. The molecule has 2 rings (SSSR count). The van der Waals surface area contributed by atoms with Crippen LogP contribution in [-0.2, 0) is 5.75 Å². The second kappa shape index (κ2) is 4.90. The number of thioether (sulfide) groups is 1. The number of primary amides is 1. The molecule has 3 nitrogen and oxygen atoms in total. The summed E-state index contributed by atoms with van der Waals surface area (Å²) in [6.45, 7) is 0. The maximum Gasteiger partial charge on any atom is 0.284 e. The van der Waals surface area contributed by atoms with Crippen molar-refractivity contribution in [1.82, 2.24) is 0 Å². The molecule has 0 saturated carbocycles. The maximum atomic E-state index is 10.8. The molecule has 1 aromatic carbocycles. The Morgan fingerprint density at radius 1 is 1.19 bits per heavy atom. The van der Waals surface area contributed by atoms with E-state index in [-0.39, 0.29) is 5.76 Å². The summed E-state index contributed by atoms with van der Waals surface area (Å²) in [7, 11) is 0. The number of nitrogens with two attached hydrogens (primary N) is 1. The lowest BCUT2D eigenvalue weighted by Crippen LogP contribution is -2.09. The third-order valence-electron chi connectivity index (χ3n) is 2.03. The molecule has 0 radical (unpaired) electrons. The number of hydrogen-bond donors (Lipinski definition) is 1. The van der Waals surface area contributed by atoms with Crippen LogP contribution >= 0.6 is 11.8 Å². The van der Waals surface area contributed by atoms with Gasteiger partial charge in [0.05, 0.1) is 5.75 Å². The summed E-state index contributed by atoms with van der Waals surface area (Å²) in [5.74, 6) is 1.12. The standard InChI is InChI=1S/C12H11NO2S/c13-12(14)11-7-6-9(15-11)8-16-10-4-2-1-3-5-10/h1-7H,8H2,(H2,13,14). The molecule has 0 aliphatic heterocycles. The van der Waals surface area contributed by atoms with Crippen molar-refractivity contribution in [3.63, 3.8) is 0 Å². The SMILES string of the molecule is NC(=O)c1ccc(CSc2ccccc2)o1. The Labute approximate surface area is 97.6 Å². The minimum atomic E-state index is -0.532. The number of furan rings is 1. The summed E-state index contributed by atoms with van der Waals surface area (Å²) in [4.78, 5) is 12.0. The number of carbonyl (C=O) groups excluding carboxylic acids is 1. The van der Waals surface area contributed by atoms with Crippen LogP contribution in [0.1, 0.15) is 16.3 Å². The molecule has 82 valence electrons. The predicted octanol–water partition coefficient (Wildman–Crippen LogP) is 2.67. The van der Waals surface area contributed by atoms with Crippen molar-refractivity contribution in [1.29, 1.82) is 0 Å². The van der Waals surface area contributed by atoms with Gasteiger partial charge in [0.2, 0.25) is 0 Å². The molecule has 0 aliphatic rings. The first-order valence-corrected chi connectivity index (χ1v) is 5.80. The monoisotopic (exact) mass is 233 g/mol. The lowest BCUT2D eigenvalue weighted by molar-refractivity contribution is 0.0972. The van der Waals surface area contributed by atoms with Gasteiger partial charge >= 0.3 is 0 Å². The fraction of sp³-hybridized carbons (Fsp3) is 0.0833. The molecular formula is C12H11NO2S. The van der Waals surface area contributed by atoms with Gasteiger partial charge in [-0.1, -0.05) is 18.2 Å². The van der Waals surface area contributed by atoms with E-state index >= 15 is 0 Å². The summed E-state index contributed by atoms with van der Waals surface area (Å²) in [6.07, 6.45) is 0. The van der Waals surface area contributed by atoms with Crippen molar-refractivity contribution in [2.45, 2.75) is 10.6 Å². The van der Waals surface area contributed by atoms with Gasteiger partial charge in [-0.25, -0.2) is 0 Å². The summed E-state index contributed by atoms with van der Waals surface area (Å²) in [5.41, 5.74) is 5.09. The second-order valence-electron chi connectivity index (χ2n) is 3.23. The fourth-order valence-corrected chi connectivity index (χ4v) is 2.07. The minimum Gasteiger partial charge on any atom is -0.455 e. The van der Waals surface area contributed by atoms with E-state index in [4.69, 9.17) is 10.2 Å². The lowest BCUT2D eigenvalue weighted by atomic mass is 10.4. The van der Waals surface area contributed by atoms with Crippen LogP contribution < -0.4 is 5.73 Å². The van der Waals surface area contributed by atoms with Gasteiger partial charge in [-0.2, -0.15) is 0 Å². The van der Waals surface area contributed by atoms with Gasteiger partial charge in [-0.3, -0.25) is 4.79 Å². The molecule has 0 aliphatic carbocycles. The summed E-state index contributed by atoms with van der Waals surface area (Å²) < 4.78 is 5.27. The van der Waals surface area contributed by atoms with Crippen molar-refractivity contribution in [2.24, 2.45) is 5.73 Å². The fourth-order valence-electron chi connectivity index (χ4n) is 1.26. The number of rotatable bonds is 4. The lowest BCUT2D eigenvalue weighted by Gasteiger charge is -1.98. The molecule has 0 bridgehead atoms. The molecule has 0 saturated heterocycles. The van der Waals surface area contributed by atoms with E-state index in [1.165, 1.54) is 4.90 Å². The predicted molar refractivity (Wildman–Crippen MR) is 63.2 cm³/mol. The zero-order valence-electron chi connectivity index (χ0n) is 8.55. The van der Waals surface area contributed by atoms with Gasteiger partial charge in [-0.05, 0) is 24.3 Å². The van der Waals surface area contributed by atoms with Crippen molar-refractivity contribution in [3.8, 4) is 0 Å². The number of carbonyl (C=O) groups is 1. The Morgan fingerprint density at radius 3 is 2.56 bits per heavy atom. The molecule has 1 amide bonds. The molecule has 0 unspecified atom stereocenters. The first-order valence-electron chi connectivity index (χ1n) is 4.82. The number of amides is 1. The highest BCUT2D eigenvalue weighted by atomic mass is 32.2. The van der Waals surface area contributed by atoms with E-state index in [0.717, 1.165) is 5.76 Å². The molecule has 1 heterocycles. The Bertz CT molecular complexity index is 479. The quantitative estimate of drug-likeness (QED) is 0.826. The molecule has 0 spiro atoms. The van der Waals surface area contributed by atoms with E-state index in [2.05, 4.69) is 0 Å². The molecule has 1 aromatic heterocycles. The van der Waals surface area contributed by atoms with Gasteiger partial charge in [0.1, 0.15) is 5.76 Å². The Kier molecular flexibility index (Phi) is 3.31. The summed E-state index contributed by atoms with van der Waals surface area (Å²) in [5, 5.41) is 0. The van der Waals surface area contributed by atoms with Crippen LogP contribution in [0.5, 0.6) is 0 Å². The van der Waals surface area contributed by atoms with Crippen LogP contribution in [0.25, 0.3) is 0 Å². The molecule has 0 fully saturated rings. The molecule has 2 aromatic rings. The highest BCUT2D eigenvalue weighted by Crippen LogP contribution is 2.23. The van der Waals surface area contributed by atoms with E-state index in [1.807, 2.05) is 30.3 Å². The van der Waals surface area contributed by atoms with Crippen LogP contribution in [-0.4, -0.2) is 5.91 Å². The number of hydrogen-bond acceptors (Lipinski definition) is 3. The van der Waals surface area contributed by atoms with Gasteiger partial charge in [0.25, 0.3) is 5.91 Å². The average Bonchev–Trinajstić information content (AvgIpc) is 2.76. The van der Waals surface area contributed by atoms with E-state index in [1.54, 1.807) is 23.9 Å². The van der Waals surface area contributed by atoms with E-state index in [0.29, 0.717) is 5.75 Å². The zero-order chi connectivity index (χ0) is 11.4. The zero-order valence-corrected chi connectivity index (χ0v) is 9.37.